The fourth-order valence-electron chi connectivity index (χ4n) is 2.70. The first kappa shape index (κ1) is 24.2. The molecule has 0 aromatic heterocycles. The third-order valence-electron chi connectivity index (χ3n) is 4.24. The summed E-state index contributed by atoms with van der Waals surface area (Å²) in [5.41, 5.74) is 2.62. The molecule has 0 aliphatic heterocycles. The van der Waals surface area contributed by atoms with Gasteiger partial charge in [-0.15, -0.1) is 0 Å². The number of hydrogen-bond acceptors (Lipinski definition) is 4. The van der Waals surface area contributed by atoms with Gasteiger partial charge in [-0.25, -0.2) is 0 Å². The zero-order chi connectivity index (χ0) is 20.5. The van der Waals surface area contributed by atoms with E-state index in [9.17, 15) is 0 Å². The molecule has 0 saturated carbocycles. The van der Waals surface area contributed by atoms with E-state index in [1.54, 1.807) is 0 Å². The normalized spacial score (nSPS) is 10.3. The second-order valence-corrected chi connectivity index (χ2v) is 6.58. The van der Waals surface area contributed by atoms with Gasteiger partial charge < -0.3 is 19.7 Å². The van der Waals surface area contributed by atoms with E-state index in [1.165, 1.54) is 36.8 Å². The van der Waals surface area contributed by atoms with Crippen LogP contribution in [0.15, 0.2) is 48.5 Å². The van der Waals surface area contributed by atoms with Crippen LogP contribution in [-0.4, -0.2) is 36.6 Å². The van der Waals surface area contributed by atoms with Crippen molar-refractivity contribution in [3.8, 4) is 11.5 Å². The molecular weight excluding hydrogens is 352 g/mol. The molecule has 4 heteroatoms. The minimum Gasteiger partial charge on any atom is -0.457 e. The lowest BCUT2D eigenvalue weighted by atomic mass is 10.1. The Hall–Kier alpha value is -1.88. The number of aliphatic hydroxyl groups is 2. The summed E-state index contributed by atoms with van der Waals surface area (Å²) >= 11 is 0. The standard InChI is InChI=1S/C20H26O.C4H10O3/c1-3-5-11-17-13-7-9-15-19(17)21-20-16-10-8-14-18(20)12-6-4-2;5-1-3-7-4-2-6/h7-10,13-16H,3-6,11-12H2,1-2H3;5-6H,1-4H2. The molecule has 0 spiro atoms. The van der Waals surface area contributed by atoms with Gasteiger partial charge in [0.25, 0.3) is 0 Å². The average molecular weight is 389 g/mol. The van der Waals surface area contributed by atoms with Crippen molar-refractivity contribution in [3.05, 3.63) is 59.7 Å². The summed E-state index contributed by atoms with van der Waals surface area (Å²) in [4.78, 5) is 0. The van der Waals surface area contributed by atoms with Crippen LogP contribution in [0.3, 0.4) is 0 Å². The van der Waals surface area contributed by atoms with Crippen LogP contribution in [0, 0.1) is 0 Å². The third-order valence-corrected chi connectivity index (χ3v) is 4.24. The Morgan fingerprint density at radius 3 is 1.50 bits per heavy atom. The molecule has 0 unspecified atom stereocenters. The van der Waals surface area contributed by atoms with Crippen LogP contribution in [0.1, 0.15) is 50.7 Å². The monoisotopic (exact) mass is 388 g/mol. The molecule has 28 heavy (non-hydrogen) atoms. The first-order chi connectivity index (χ1) is 13.8. The molecule has 2 aromatic rings. The summed E-state index contributed by atoms with van der Waals surface area (Å²) in [6, 6.07) is 16.8. The second-order valence-electron chi connectivity index (χ2n) is 6.58. The van der Waals surface area contributed by atoms with Crippen LogP contribution in [0.4, 0.5) is 0 Å². The van der Waals surface area contributed by atoms with E-state index in [2.05, 4.69) is 67.1 Å². The van der Waals surface area contributed by atoms with Gasteiger partial charge in [0.05, 0.1) is 26.4 Å². The number of aliphatic hydroxyl groups excluding tert-OH is 2. The Morgan fingerprint density at radius 2 is 1.11 bits per heavy atom. The average Bonchev–Trinajstić information content (AvgIpc) is 2.73. The van der Waals surface area contributed by atoms with E-state index in [1.807, 2.05) is 0 Å². The maximum atomic E-state index is 8.09. The molecule has 0 fully saturated rings. The van der Waals surface area contributed by atoms with Crippen molar-refractivity contribution in [1.82, 2.24) is 0 Å². The van der Waals surface area contributed by atoms with Gasteiger partial charge in [-0.2, -0.15) is 0 Å². The zero-order valence-electron chi connectivity index (χ0n) is 17.4. The summed E-state index contributed by atoms with van der Waals surface area (Å²) in [5.74, 6) is 2.02. The van der Waals surface area contributed by atoms with Crippen molar-refractivity contribution in [1.29, 1.82) is 0 Å². The first-order valence-corrected chi connectivity index (χ1v) is 10.4. The predicted molar refractivity (Wildman–Crippen MR) is 115 cm³/mol. The van der Waals surface area contributed by atoms with Crippen LogP contribution in [0.5, 0.6) is 11.5 Å². The van der Waals surface area contributed by atoms with Gasteiger partial charge >= 0.3 is 0 Å². The summed E-state index contributed by atoms with van der Waals surface area (Å²) in [7, 11) is 0. The number of aryl methyl sites for hydroxylation is 2. The first-order valence-electron chi connectivity index (χ1n) is 10.4. The van der Waals surface area contributed by atoms with E-state index in [-0.39, 0.29) is 13.2 Å². The second kappa shape index (κ2) is 16.1. The molecule has 0 atom stereocenters. The van der Waals surface area contributed by atoms with Crippen LogP contribution in [0.2, 0.25) is 0 Å². The summed E-state index contributed by atoms with van der Waals surface area (Å²) in [6.45, 7) is 5.15. The highest BCUT2D eigenvalue weighted by Crippen LogP contribution is 2.29. The SMILES string of the molecule is CCCCc1ccccc1Oc1ccccc1CCCC.OCCOCCO. The number of hydrogen-bond donors (Lipinski definition) is 2. The van der Waals surface area contributed by atoms with Gasteiger partial charge in [-0.05, 0) is 48.9 Å². The summed E-state index contributed by atoms with van der Waals surface area (Å²) < 4.78 is 10.9. The molecule has 0 bridgehead atoms. The number of ether oxygens (including phenoxy) is 2. The van der Waals surface area contributed by atoms with Gasteiger partial charge in [0, 0.05) is 0 Å². The fraction of sp³-hybridized carbons (Fsp3) is 0.500. The maximum Gasteiger partial charge on any atom is 0.130 e. The fourth-order valence-corrected chi connectivity index (χ4v) is 2.70. The van der Waals surface area contributed by atoms with Gasteiger partial charge in [0.15, 0.2) is 0 Å². The molecule has 2 rings (SSSR count). The number of para-hydroxylation sites is 2. The molecule has 0 aliphatic carbocycles. The molecule has 2 aromatic carbocycles. The molecule has 0 radical (unpaired) electrons. The smallest absolute Gasteiger partial charge is 0.130 e. The highest BCUT2D eigenvalue weighted by molar-refractivity contribution is 5.41. The molecule has 156 valence electrons. The molecule has 0 heterocycles. The summed E-state index contributed by atoms with van der Waals surface area (Å²) in [5, 5.41) is 16.2. The minimum atomic E-state index is 0.0278. The lowest BCUT2D eigenvalue weighted by molar-refractivity contribution is 0.0650. The van der Waals surface area contributed by atoms with E-state index in [0.29, 0.717) is 13.2 Å². The Labute approximate surface area is 170 Å². The van der Waals surface area contributed by atoms with Gasteiger partial charge in [-0.3, -0.25) is 0 Å². The van der Waals surface area contributed by atoms with Crippen molar-refractivity contribution in [3.63, 3.8) is 0 Å². The van der Waals surface area contributed by atoms with Gasteiger partial charge in [0.1, 0.15) is 11.5 Å². The van der Waals surface area contributed by atoms with Crippen molar-refractivity contribution in [2.75, 3.05) is 26.4 Å². The molecule has 2 N–H and O–H groups in total. The van der Waals surface area contributed by atoms with Crippen molar-refractivity contribution < 1.29 is 19.7 Å². The van der Waals surface area contributed by atoms with Crippen LogP contribution in [-0.2, 0) is 17.6 Å². The Bertz CT molecular complexity index is 574. The Morgan fingerprint density at radius 1 is 0.679 bits per heavy atom. The van der Waals surface area contributed by atoms with E-state index in [4.69, 9.17) is 14.9 Å². The van der Waals surface area contributed by atoms with Gasteiger partial charge in [0.2, 0.25) is 0 Å². The van der Waals surface area contributed by atoms with E-state index >= 15 is 0 Å². The quantitative estimate of drug-likeness (QED) is 0.494. The van der Waals surface area contributed by atoms with Crippen molar-refractivity contribution in [2.24, 2.45) is 0 Å². The largest absolute Gasteiger partial charge is 0.457 e. The van der Waals surface area contributed by atoms with Crippen molar-refractivity contribution >= 4 is 0 Å². The molecule has 0 amide bonds. The molecule has 4 nitrogen and oxygen atoms in total. The maximum absolute atomic E-state index is 8.09. The Kier molecular flexibility index (Phi) is 13.9. The van der Waals surface area contributed by atoms with Gasteiger partial charge in [-0.1, -0.05) is 63.1 Å². The van der Waals surface area contributed by atoms with E-state index in [0.717, 1.165) is 24.3 Å². The minimum absolute atomic E-state index is 0.0278. The Balaban J connectivity index is 0.000000480. The van der Waals surface area contributed by atoms with Crippen LogP contribution < -0.4 is 4.74 Å². The number of rotatable bonds is 12. The molecular formula is C24H36O4. The highest BCUT2D eigenvalue weighted by atomic mass is 16.5. The highest BCUT2D eigenvalue weighted by Gasteiger charge is 2.07. The topological polar surface area (TPSA) is 58.9 Å². The number of benzene rings is 2. The predicted octanol–water partition coefficient (Wildman–Crippen LogP) is 5.15. The zero-order valence-corrected chi connectivity index (χ0v) is 17.4. The molecule has 0 saturated heterocycles. The lowest BCUT2D eigenvalue weighted by Crippen LogP contribution is -2.03. The van der Waals surface area contributed by atoms with Crippen LogP contribution in [0.25, 0.3) is 0 Å². The molecule has 0 aliphatic rings. The van der Waals surface area contributed by atoms with Crippen molar-refractivity contribution in [2.45, 2.75) is 52.4 Å². The third kappa shape index (κ3) is 9.88. The summed E-state index contributed by atoms with van der Waals surface area (Å²) in [6.07, 6.45) is 7.01. The number of unbranched alkanes of at least 4 members (excludes halogenated alkanes) is 2. The van der Waals surface area contributed by atoms with E-state index < -0.39 is 0 Å². The lowest BCUT2D eigenvalue weighted by Gasteiger charge is -2.14. The van der Waals surface area contributed by atoms with Crippen LogP contribution >= 0.6 is 0 Å².